The lowest BCUT2D eigenvalue weighted by Gasteiger charge is -2.29. The first-order chi connectivity index (χ1) is 8.70. The van der Waals surface area contributed by atoms with Gasteiger partial charge in [-0.3, -0.25) is 0 Å². The molecular weight excluding hydrogens is 250 g/mol. The van der Waals surface area contributed by atoms with Crippen LogP contribution in [0.1, 0.15) is 18.4 Å². The second kappa shape index (κ2) is 6.41. The molecule has 1 N–H and O–H groups in total. The standard InChI is InChI=1S/C14H20ClNO2/c1-16(9-11-4-6-18-7-5-11)14-3-2-12(10-17)8-13(14)15/h2-3,8,11,17H,4-7,9-10H2,1H3. The Bertz CT molecular complexity index is 391. The summed E-state index contributed by atoms with van der Waals surface area (Å²) in [6.07, 6.45) is 2.24. The number of benzene rings is 1. The topological polar surface area (TPSA) is 32.7 Å². The highest BCUT2D eigenvalue weighted by atomic mass is 35.5. The maximum Gasteiger partial charge on any atom is 0.0682 e. The van der Waals surface area contributed by atoms with Crippen molar-refractivity contribution in [3.05, 3.63) is 28.8 Å². The molecule has 4 heteroatoms. The van der Waals surface area contributed by atoms with Crippen molar-refractivity contribution >= 4 is 17.3 Å². The van der Waals surface area contributed by atoms with Gasteiger partial charge in [0, 0.05) is 26.8 Å². The number of rotatable bonds is 4. The smallest absolute Gasteiger partial charge is 0.0682 e. The quantitative estimate of drug-likeness (QED) is 0.912. The summed E-state index contributed by atoms with van der Waals surface area (Å²) in [5.74, 6) is 0.678. The Kier molecular flexibility index (Phi) is 4.87. The van der Waals surface area contributed by atoms with E-state index in [9.17, 15) is 0 Å². The molecule has 100 valence electrons. The third kappa shape index (κ3) is 3.37. The molecule has 0 unspecified atom stereocenters. The van der Waals surface area contributed by atoms with E-state index in [0.717, 1.165) is 43.9 Å². The summed E-state index contributed by atoms with van der Waals surface area (Å²) in [7, 11) is 2.06. The number of halogens is 1. The fourth-order valence-electron chi connectivity index (χ4n) is 2.37. The average molecular weight is 270 g/mol. The lowest BCUT2D eigenvalue weighted by Crippen LogP contribution is -2.29. The van der Waals surface area contributed by atoms with Crippen LogP contribution in [0.4, 0.5) is 5.69 Å². The minimum atomic E-state index is 0.0314. The zero-order valence-corrected chi connectivity index (χ0v) is 11.5. The molecule has 1 aromatic carbocycles. The lowest BCUT2D eigenvalue weighted by molar-refractivity contribution is 0.0685. The number of ether oxygens (including phenoxy) is 1. The van der Waals surface area contributed by atoms with Gasteiger partial charge >= 0.3 is 0 Å². The lowest BCUT2D eigenvalue weighted by atomic mass is 9.99. The van der Waals surface area contributed by atoms with E-state index in [1.807, 2.05) is 18.2 Å². The molecule has 1 aliphatic rings. The summed E-state index contributed by atoms with van der Waals surface area (Å²) < 4.78 is 5.37. The van der Waals surface area contributed by atoms with Crippen LogP contribution in [0.5, 0.6) is 0 Å². The van der Waals surface area contributed by atoms with E-state index in [0.29, 0.717) is 10.9 Å². The van der Waals surface area contributed by atoms with Crippen LogP contribution in [0.3, 0.4) is 0 Å². The zero-order chi connectivity index (χ0) is 13.0. The normalized spacial score (nSPS) is 16.8. The Morgan fingerprint density at radius 2 is 2.11 bits per heavy atom. The summed E-state index contributed by atoms with van der Waals surface area (Å²) in [6.45, 7) is 2.77. The molecule has 1 aliphatic heterocycles. The van der Waals surface area contributed by atoms with Crippen LogP contribution in [-0.2, 0) is 11.3 Å². The van der Waals surface area contributed by atoms with Crippen molar-refractivity contribution in [2.24, 2.45) is 5.92 Å². The van der Waals surface area contributed by atoms with E-state index in [4.69, 9.17) is 21.4 Å². The summed E-state index contributed by atoms with van der Waals surface area (Å²) in [4.78, 5) is 2.19. The maximum absolute atomic E-state index is 9.07. The Balaban J connectivity index is 2.01. The predicted octanol–water partition coefficient (Wildman–Crippen LogP) is 2.70. The maximum atomic E-state index is 9.07. The monoisotopic (exact) mass is 269 g/mol. The van der Waals surface area contributed by atoms with Crippen LogP contribution >= 0.6 is 11.6 Å². The average Bonchev–Trinajstić information content (AvgIpc) is 2.39. The van der Waals surface area contributed by atoms with Crippen LogP contribution in [0.15, 0.2) is 18.2 Å². The molecular formula is C14H20ClNO2. The van der Waals surface area contributed by atoms with Gasteiger partial charge in [0.25, 0.3) is 0 Å². The van der Waals surface area contributed by atoms with Gasteiger partial charge in [0.15, 0.2) is 0 Å². The van der Waals surface area contributed by atoms with Crippen molar-refractivity contribution in [3.8, 4) is 0 Å². The van der Waals surface area contributed by atoms with Crippen LogP contribution < -0.4 is 4.90 Å². The van der Waals surface area contributed by atoms with Gasteiger partial charge < -0.3 is 14.7 Å². The summed E-state index contributed by atoms with van der Waals surface area (Å²) in [5.41, 5.74) is 1.88. The first kappa shape index (κ1) is 13.7. The Morgan fingerprint density at radius 1 is 1.39 bits per heavy atom. The molecule has 0 atom stereocenters. The fourth-order valence-corrected chi connectivity index (χ4v) is 2.72. The summed E-state index contributed by atoms with van der Waals surface area (Å²) in [6, 6.07) is 5.73. The highest BCUT2D eigenvalue weighted by molar-refractivity contribution is 6.33. The fraction of sp³-hybridized carbons (Fsp3) is 0.571. The molecule has 3 nitrogen and oxygen atoms in total. The van der Waals surface area contributed by atoms with Gasteiger partial charge in [-0.25, -0.2) is 0 Å². The molecule has 1 saturated heterocycles. The Hall–Kier alpha value is -0.770. The molecule has 1 aromatic rings. The number of aliphatic hydroxyl groups is 1. The van der Waals surface area contributed by atoms with E-state index in [1.54, 1.807) is 0 Å². The molecule has 1 fully saturated rings. The van der Waals surface area contributed by atoms with Gasteiger partial charge in [-0.2, -0.15) is 0 Å². The van der Waals surface area contributed by atoms with E-state index in [2.05, 4.69) is 11.9 Å². The van der Waals surface area contributed by atoms with Gasteiger partial charge in [-0.15, -0.1) is 0 Å². The van der Waals surface area contributed by atoms with E-state index in [1.165, 1.54) is 0 Å². The number of nitrogens with zero attached hydrogens (tertiary/aromatic N) is 1. The van der Waals surface area contributed by atoms with Gasteiger partial charge in [0.05, 0.1) is 17.3 Å². The Labute approximate surface area is 113 Å². The van der Waals surface area contributed by atoms with Crippen LogP contribution in [-0.4, -0.2) is 31.9 Å². The molecule has 0 aliphatic carbocycles. The minimum absolute atomic E-state index is 0.0314. The van der Waals surface area contributed by atoms with Crippen molar-refractivity contribution < 1.29 is 9.84 Å². The number of hydrogen-bond donors (Lipinski definition) is 1. The molecule has 0 saturated carbocycles. The van der Waals surface area contributed by atoms with E-state index < -0.39 is 0 Å². The first-order valence-electron chi connectivity index (χ1n) is 6.39. The van der Waals surface area contributed by atoms with Crippen LogP contribution in [0, 0.1) is 5.92 Å². The first-order valence-corrected chi connectivity index (χ1v) is 6.76. The van der Waals surface area contributed by atoms with Gasteiger partial charge in [-0.05, 0) is 36.5 Å². The largest absolute Gasteiger partial charge is 0.392 e. The van der Waals surface area contributed by atoms with Crippen LogP contribution in [0.25, 0.3) is 0 Å². The van der Waals surface area contributed by atoms with Gasteiger partial charge in [0.1, 0.15) is 0 Å². The summed E-state index contributed by atoms with van der Waals surface area (Å²) in [5, 5.41) is 9.77. The SMILES string of the molecule is CN(CC1CCOCC1)c1ccc(CO)cc1Cl. The third-order valence-electron chi connectivity index (χ3n) is 3.48. The second-order valence-electron chi connectivity index (χ2n) is 4.88. The van der Waals surface area contributed by atoms with Crippen molar-refractivity contribution in [1.29, 1.82) is 0 Å². The van der Waals surface area contributed by atoms with Gasteiger partial charge in [-0.1, -0.05) is 17.7 Å². The van der Waals surface area contributed by atoms with Crippen molar-refractivity contribution in [1.82, 2.24) is 0 Å². The molecule has 0 spiro atoms. The van der Waals surface area contributed by atoms with E-state index >= 15 is 0 Å². The minimum Gasteiger partial charge on any atom is -0.392 e. The molecule has 0 bridgehead atoms. The molecule has 0 aromatic heterocycles. The van der Waals surface area contributed by atoms with E-state index in [-0.39, 0.29) is 6.61 Å². The molecule has 0 radical (unpaired) electrons. The molecule has 1 heterocycles. The summed E-state index contributed by atoms with van der Waals surface area (Å²) >= 11 is 6.24. The van der Waals surface area contributed by atoms with Crippen molar-refractivity contribution in [2.45, 2.75) is 19.4 Å². The Morgan fingerprint density at radius 3 is 2.72 bits per heavy atom. The van der Waals surface area contributed by atoms with Crippen LogP contribution in [0.2, 0.25) is 5.02 Å². The molecule has 18 heavy (non-hydrogen) atoms. The predicted molar refractivity (Wildman–Crippen MR) is 74.2 cm³/mol. The van der Waals surface area contributed by atoms with Gasteiger partial charge in [0.2, 0.25) is 0 Å². The number of anilines is 1. The number of aliphatic hydroxyl groups excluding tert-OH is 1. The highest BCUT2D eigenvalue weighted by Crippen LogP contribution is 2.28. The zero-order valence-electron chi connectivity index (χ0n) is 10.7. The second-order valence-corrected chi connectivity index (χ2v) is 5.29. The number of hydrogen-bond acceptors (Lipinski definition) is 3. The molecule has 2 rings (SSSR count). The highest BCUT2D eigenvalue weighted by Gasteiger charge is 2.17. The third-order valence-corrected chi connectivity index (χ3v) is 3.78. The van der Waals surface area contributed by atoms with Crippen molar-refractivity contribution in [2.75, 3.05) is 31.7 Å². The van der Waals surface area contributed by atoms with Crippen molar-refractivity contribution in [3.63, 3.8) is 0 Å². The molecule has 0 amide bonds.